The van der Waals surface area contributed by atoms with E-state index in [4.69, 9.17) is 9.15 Å². The summed E-state index contributed by atoms with van der Waals surface area (Å²) >= 11 is 0. The molecular weight excluding hydrogens is 614 g/mol. The molecule has 246 valence electrons. The highest BCUT2D eigenvalue weighted by Crippen LogP contribution is 2.40. The first-order valence-electron chi connectivity index (χ1n) is 16.0. The van der Waals surface area contributed by atoms with Crippen molar-refractivity contribution in [3.05, 3.63) is 107 Å². The molecule has 1 aliphatic rings. The highest BCUT2D eigenvalue weighted by molar-refractivity contribution is 7.89. The van der Waals surface area contributed by atoms with Crippen LogP contribution in [0.1, 0.15) is 78.4 Å². The number of nitrogens with zero attached hydrogens (tertiary/aromatic N) is 4. The van der Waals surface area contributed by atoms with E-state index in [2.05, 4.69) is 33.8 Å². The molecule has 3 aromatic carbocycles. The van der Waals surface area contributed by atoms with E-state index in [1.807, 2.05) is 58.4 Å². The molecule has 47 heavy (non-hydrogen) atoms. The third-order valence-corrected chi connectivity index (χ3v) is 11.0. The van der Waals surface area contributed by atoms with Gasteiger partial charge in [0.25, 0.3) is 5.91 Å². The molecule has 0 unspecified atom stereocenters. The number of amides is 1. The van der Waals surface area contributed by atoms with Crippen molar-refractivity contribution in [1.82, 2.24) is 24.6 Å². The van der Waals surface area contributed by atoms with Gasteiger partial charge in [-0.25, -0.2) is 13.1 Å². The Kier molecular flexibility index (Phi) is 8.71. The number of carbonyl (C=O) groups is 1. The smallest absolute Gasteiger partial charge is 0.287 e. The van der Waals surface area contributed by atoms with Crippen molar-refractivity contribution in [3.8, 4) is 5.75 Å². The van der Waals surface area contributed by atoms with E-state index in [0.29, 0.717) is 18.7 Å². The quantitative estimate of drug-likeness (QED) is 0.196. The molecule has 2 atom stereocenters. The van der Waals surface area contributed by atoms with Crippen LogP contribution in [0.2, 0.25) is 0 Å². The van der Waals surface area contributed by atoms with Gasteiger partial charge >= 0.3 is 0 Å². The first kappa shape index (κ1) is 32.5. The molecule has 0 saturated carbocycles. The first-order valence-corrected chi connectivity index (χ1v) is 17.4. The number of furan rings is 1. The number of nitrogens with one attached hydrogen (secondary N) is 1. The zero-order valence-corrected chi connectivity index (χ0v) is 28.5. The summed E-state index contributed by atoms with van der Waals surface area (Å²) < 4.78 is 43.0. The summed E-state index contributed by atoms with van der Waals surface area (Å²) in [6, 6.07) is 20.4. The number of carbonyl (C=O) groups excluding carboxylic acids is 1. The number of sulfonamides is 1. The molecule has 3 heterocycles. The molecular formula is C36H41N5O5S. The fraction of sp³-hybridized carbons (Fsp3) is 0.361. The SMILES string of the molecule is CC[C@@H]1CN(Cc2cc([C@@H](c3ccc4c(nnn4CC)c3C)C(C)(C)NC(=O)c3ccco3)ccc2C)S(=O)(=O)c2ccccc2O1. The molecule has 2 aromatic heterocycles. The monoisotopic (exact) mass is 655 g/mol. The van der Waals surface area contributed by atoms with E-state index in [-0.39, 0.29) is 41.7 Å². The van der Waals surface area contributed by atoms with Gasteiger partial charge in [-0.1, -0.05) is 48.5 Å². The van der Waals surface area contributed by atoms with Gasteiger partial charge in [0.15, 0.2) is 5.76 Å². The Morgan fingerprint density at radius 2 is 1.85 bits per heavy atom. The largest absolute Gasteiger partial charge is 0.488 e. The number of ether oxygens (including phenoxy) is 1. The Labute approximate surface area is 275 Å². The molecule has 5 aromatic rings. The molecule has 0 saturated heterocycles. The molecule has 0 fully saturated rings. The van der Waals surface area contributed by atoms with Crippen LogP contribution in [0, 0.1) is 13.8 Å². The fourth-order valence-corrected chi connectivity index (χ4v) is 8.15. The van der Waals surface area contributed by atoms with Crippen LogP contribution in [-0.2, 0) is 23.1 Å². The summed E-state index contributed by atoms with van der Waals surface area (Å²) in [5, 5.41) is 12.1. The number of hydrogen-bond acceptors (Lipinski definition) is 7. The maximum atomic E-state index is 14.0. The third-order valence-electron chi connectivity index (χ3n) is 9.17. The van der Waals surface area contributed by atoms with Crippen LogP contribution in [-0.4, -0.2) is 51.8 Å². The molecule has 6 rings (SSSR count). The Hall–Kier alpha value is -4.48. The third kappa shape index (κ3) is 6.05. The zero-order chi connectivity index (χ0) is 33.5. The second-order valence-corrected chi connectivity index (χ2v) is 14.6. The van der Waals surface area contributed by atoms with Crippen molar-refractivity contribution in [2.75, 3.05) is 6.54 Å². The minimum Gasteiger partial charge on any atom is -0.488 e. The highest BCUT2D eigenvalue weighted by Gasteiger charge is 2.38. The average molecular weight is 656 g/mol. The van der Waals surface area contributed by atoms with Gasteiger partial charge in [0.05, 0.1) is 18.3 Å². The van der Waals surface area contributed by atoms with Gasteiger partial charge in [0.1, 0.15) is 22.3 Å². The lowest BCUT2D eigenvalue weighted by atomic mass is 9.74. The van der Waals surface area contributed by atoms with Crippen molar-refractivity contribution in [3.63, 3.8) is 0 Å². The average Bonchev–Trinajstić information content (AvgIpc) is 3.72. The first-order chi connectivity index (χ1) is 22.4. The Morgan fingerprint density at radius 1 is 1.06 bits per heavy atom. The Morgan fingerprint density at radius 3 is 2.57 bits per heavy atom. The predicted octanol–water partition coefficient (Wildman–Crippen LogP) is 6.36. The van der Waals surface area contributed by atoms with Crippen molar-refractivity contribution >= 4 is 27.0 Å². The van der Waals surface area contributed by atoms with E-state index in [9.17, 15) is 13.2 Å². The van der Waals surface area contributed by atoms with Crippen molar-refractivity contribution in [2.24, 2.45) is 0 Å². The zero-order valence-electron chi connectivity index (χ0n) is 27.6. The van der Waals surface area contributed by atoms with E-state index in [0.717, 1.165) is 38.9 Å². The molecule has 1 N–H and O–H groups in total. The van der Waals surface area contributed by atoms with E-state index in [1.54, 1.807) is 36.4 Å². The van der Waals surface area contributed by atoms with E-state index < -0.39 is 15.6 Å². The molecule has 11 heteroatoms. The van der Waals surface area contributed by atoms with Gasteiger partial charge in [0.2, 0.25) is 10.0 Å². The van der Waals surface area contributed by atoms with Gasteiger partial charge in [-0.2, -0.15) is 4.31 Å². The highest BCUT2D eigenvalue weighted by atomic mass is 32.2. The second-order valence-electron chi connectivity index (χ2n) is 12.7. The lowest BCUT2D eigenvalue weighted by molar-refractivity contribution is 0.0877. The molecule has 1 amide bonds. The van der Waals surface area contributed by atoms with Crippen LogP contribution in [0.3, 0.4) is 0 Å². The molecule has 0 aliphatic carbocycles. The minimum atomic E-state index is -3.84. The predicted molar refractivity (Wildman–Crippen MR) is 180 cm³/mol. The molecule has 0 bridgehead atoms. The van der Waals surface area contributed by atoms with E-state index in [1.165, 1.54) is 10.6 Å². The summed E-state index contributed by atoms with van der Waals surface area (Å²) in [5.41, 5.74) is 5.63. The topological polar surface area (TPSA) is 120 Å². The number of aromatic nitrogens is 3. The van der Waals surface area contributed by atoms with Crippen molar-refractivity contribution < 1.29 is 22.4 Å². The van der Waals surface area contributed by atoms with Crippen molar-refractivity contribution in [2.45, 2.75) is 83.5 Å². The standard InChI is InChI=1S/C36H41N5O5S/c1-7-27-22-40(47(43,44)32-14-10-9-12-30(32)46-27)21-26-20-25(16-15-23(26)3)33(36(5,6)37-35(42)31-13-11-19-45-31)28-17-18-29-34(24(28)4)38-39-41(29)8-2/h9-20,27,33H,7-8,21-22H2,1-6H3,(H,37,42)/t27-,33+/m1/s1. The van der Waals surface area contributed by atoms with Gasteiger partial charge < -0.3 is 14.5 Å². The Bertz CT molecular complexity index is 2030. The van der Waals surface area contributed by atoms with E-state index >= 15 is 0 Å². The number of hydrogen-bond donors (Lipinski definition) is 1. The normalized spacial score (nSPS) is 17.1. The van der Waals surface area contributed by atoms with Crippen LogP contribution in [0.4, 0.5) is 0 Å². The van der Waals surface area contributed by atoms with Crippen LogP contribution in [0.25, 0.3) is 11.0 Å². The Balaban J connectivity index is 1.45. The van der Waals surface area contributed by atoms with Crippen LogP contribution in [0.5, 0.6) is 5.75 Å². The number of benzene rings is 3. The summed E-state index contributed by atoms with van der Waals surface area (Å²) in [4.78, 5) is 13.5. The number of rotatable bonds is 9. The lowest BCUT2D eigenvalue weighted by Gasteiger charge is -2.37. The maximum absolute atomic E-state index is 14.0. The fourth-order valence-electron chi connectivity index (χ4n) is 6.58. The van der Waals surface area contributed by atoms with Crippen molar-refractivity contribution in [1.29, 1.82) is 0 Å². The molecule has 0 radical (unpaired) electrons. The summed E-state index contributed by atoms with van der Waals surface area (Å²) in [6.45, 7) is 13.1. The van der Waals surface area contributed by atoms with Crippen LogP contribution >= 0.6 is 0 Å². The lowest BCUT2D eigenvalue weighted by Crippen LogP contribution is -2.48. The molecule has 0 spiro atoms. The maximum Gasteiger partial charge on any atom is 0.287 e. The summed E-state index contributed by atoms with van der Waals surface area (Å²) in [7, 11) is -3.84. The van der Waals surface area contributed by atoms with Crippen LogP contribution < -0.4 is 10.1 Å². The van der Waals surface area contributed by atoms with Gasteiger partial charge in [-0.05, 0) is 99.2 Å². The molecule has 10 nitrogen and oxygen atoms in total. The van der Waals surface area contributed by atoms with Gasteiger partial charge in [-0.15, -0.1) is 5.10 Å². The summed E-state index contributed by atoms with van der Waals surface area (Å²) in [5.74, 6) is -0.0656. The number of para-hydroxylation sites is 1. The molecule has 1 aliphatic heterocycles. The number of aryl methyl sites for hydroxylation is 3. The van der Waals surface area contributed by atoms with Crippen LogP contribution in [0.15, 0.2) is 82.3 Å². The van der Waals surface area contributed by atoms with Gasteiger partial charge in [-0.3, -0.25) is 4.79 Å². The minimum absolute atomic E-state index is 0.172. The van der Waals surface area contributed by atoms with Gasteiger partial charge in [0, 0.05) is 24.5 Å². The summed E-state index contributed by atoms with van der Waals surface area (Å²) in [6.07, 6.45) is 1.85. The second kappa shape index (κ2) is 12.6. The number of fused-ring (bicyclic) bond motifs is 2.